The zero-order chi connectivity index (χ0) is 26.3. The lowest BCUT2D eigenvalue weighted by atomic mass is 10.1. The minimum absolute atomic E-state index is 0.0329. The van der Waals surface area contributed by atoms with Gasteiger partial charge in [0.1, 0.15) is 0 Å². The molecule has 0 saturated carbocycles. The molecule has 0 unspecified atom stereocenters. The highest BCUT2D eigenvalue weighted by atomic mass is 32.2. The Morgan fingerprint density at radius 2 is 1.36 bits per heavy atom. The largest absolute Gasteiger partial charge is 0.493 e. The molecule has 3 aromatic rings. The summed E-state index contributed by atoms with van der Waals surface area (Å²) < 4.78 is 48.3. The smallest absolute Gasteiger partial charge is 0.253 e. The number of nitrogens with one attached hydrogen (secondary N) is 1. The van der Waals surface area contributed by atoms with E-state index >= 15 is 0 Å². The van der Waals surface area contributed by atoms with Crippen LogP contribution in [0.3, 0.4) is 0 Å². The van der Waals surface area contributed by atoms with Gasteiger partial charge in [-0.15, -0.1) is 0 Å². The van der Waals surface area contributed by atoms with Crippen LogP contribution in [-0.4, -0.2) is 49.0 Å². The first-order valence-corrected chi connectivity index (χ1v) is 12.8. The van der Waals surface area contributed by atoms with Crippen LogP contribution >= 0.6 is 0 Å². The van der Waals surface area contributed by atoms with Crippen LogP contribution in [0.1, 0.15) is 21.5 Å². The molecular weight excluding hydrogens is 484 g/mol. The van der Waals surface area contributed by atoms with E-state index in [-0.39, 0.29) is 24.3 Å². The van der Waals surface area contributed by atoms with Crippen molar-refractivity contribution in [3.8, 4) is 23.0 Å². The second-order valence-corrected chi connectivity index (χ2v) is 9.76. The van der Waals surface area contributed by atoms with Crippen molar-refractivity contribution in [1.82, 2.24) is 5.32 Å². The van der Waals surface area contributed by atoms with Crippen molar-refractivity contribution in [2.75, 3.05) is 39.0 Å². The van der Waals surface area contributed by atoms with Gasteiger partial charge in [0, 0.05) is 12.6 Å². The molecular formula is C26H30N2O7S. The number of hydrogen-bond donors (Lipinski definition) is 1. The third kappa shape index (κ3) is 6.19. The minimum atomic E-state index is -3.77. The van der Waals surface area contributed by atoms with Crippen molar-refractivity contribution in [3.63, 3.8) is 0 Å². The molecule has 10 heteroatoms. The van der Waals surface area contributed by atoms with Gasteiger partial charge in [0.15, 0.2) is 23.0 Å². The molecule has 1 amide bonds. The Kier molecular flexibility index (Phi) is 8.65. The number of carbonyl (C=O) groups is 1. The van der Waals surface area contributed by atoms with Crippen molar-refractivity contribution < 1.29 is 32.2 Å². The molecule has 0 bridgehead atoms. The van der Waals surface area contributed by atoms with Crippen LogP contribution < -0.4 is 28.6 Å². The van der Waals surface area contributed by atoms with Crippen molar-refractivity contribution in [1.29, 1.82) is 0 Å². The van der Waals surface area contributed by atoms with E-state index in [0.29, 0.717) is 23.0 Å². The Hall–Kier alpha value is -3.92. The molecule has 0 aliphatic heterocycles. The molecule has 3 rings (SSSR count). The highest BCUT2D eigenvalue weighted by Crippen LogP contribution is 2.37. The minimum Gasteiger partial charge on any atom is -0.493 e. The van der Waals surface area contributed by atoms with Crippen LogP contribution in [0.25, 0.3) is 0 Å². The van der Waals surface area contributed by atoms with Gasteiger partial charge in [0.25, 0.3) is 5.91 Å². The maximum absolute atomic E-state index is 13.4. The first kappa shape index (κ1) is 26.7. The molecule has 0 spiro atoms. The van der Waals surface area contributed by atoms with Gasteiger partial charge in [-0.2, -0.15) is 0 Å². The van der Waals surface area contributed by atoms with Gasteiger partial charge in [-0.1, -0.05) is 36.4 Å². The predicted octanol–water partition coefficient (Wildman–Crippen LogP) is 3.62. The molecule has 0 radical (unpaired) electrons. The summed E-state index contributed by atoms with van der Waals surface area (Å²) in [5.41, 5.74) is 1.82. The summed E-state index contributed by atoms with van der Waals surface area (Å²) in [5, 5.41) is 2.85. The lowest BCUT2D eigenvalue weighted by molar-refractivity contribution is 0.0951. The van der Waals surface area contributed by atoms with E-state index in [0.717, 1.165) is 17.4 Å². The van der Waals surface area contributed by atoms with Crippen LogP contribution in [0.2, 0.25) is 0 Å². The number of anilines is 1. The van der Waals surface area contributed by atoms with Gasteiger partial charge < -0.3 is 24.3 Å². The quantitative estimate of drug-likeness (QED) is 0.417. The normalized spacial score (nSPS) is 10.9. The van der Waals surface area contributed by atoms with Gasteiger partial charge in [-0.25, -0.2) is 8.42 Å². The molecule has 0 saturated heterocycles. The van der Waals surface area contributed by atoms with Crippen molar-refractivity contribution >= 4 is 21.6 Å². The Morgan fingerprint density at radius 1 is 0.778 bits per heavy atom. The number of carbonyl (C=O) groups excluding carboxylic acids is 1. The fourth-order valence-corrected chi connectivity index (χ4v) is 4.55. The van der Waals surface area contributed by atoms with Crippen LogP contribution in [0.5, 0.6) is 23.0 Å². The number of ether oxygens (including phenoxy) is 4. The molecule has 0 aromatic heterocycles. The van der Waals surface area contributed by atoms with Gasteiger partial charge in [-0.3, -0.25) is 9.10 Å². The van der Waals surface area contributed by atoms with Gasteiger partial charge in [-0.05, 0) is 29.3 Å². The Morgan fingerprint density at radius 3 is 1.94 bits per heavy atom. The van der Waals surface area contributed by atoms with Crippen molar-refractivity contribution in [3.05, 3.63) is 77.4 Å². The molecule has 9 nitrogen and oxygen atoms in total. The molecule has 0 fully saturated rings. The number of benzene rings is 3. The number of sulfonamides is 1. The fraction of sp³-hybridized carbons (Fsp3) is 0.269. The molecule has 0 atom stereocenters. The summed E-state index contributed by atoms with van der Waals surface area (Å²) in [6.45, 7) is 0.204. The first-order valence-electron chi connectivity index (χ1n) is 11.0. The van der Waals surface area contributed by atoms with Crippen LogP contribution in [0.15, 0.2) is 60.7 Å². The average Bonchev–Trinajstić information content (AvgIpc) is 2.89. The third-order valence-corrected chi connectivity index (χ3v) is 6.61. The summed E-state index contributed by atoms with van der Waals surface area (Å²) in [5.74, 6) is 1.21. The van der Waals surface area contributed by atoms with E-state index in [1.165, 1.54) is 37.8 Å². The van der Waals surface area contributed by atoms with E-state index in [1.807, 2.05) is 30.3 Å². The first-order chi connectivity index (χ1) is 17.2. The number of methoxy groups -OCH3 is 4. The molecule has 0 heterocycles. The summed E-state index contributed by atoms with van der Waals surface area (Å²) >= 11 is 0. The SMILES string of the molecule is COc1ccc(CNC(=O)c2cc(OC)c(OC)cc2N(Cc2ccccc2)S(C)(=O)=O)cc1OC. The maximum Gasteiger partial charge on any atom is 0.253 e. The van der Waals surface area contributed by atoms with Crippen LogP contribution in [0, 0.1) is 0 Å². The van der Waals surface area contributed by atoms with E-state index < -0.39 is 15.9 Å². The van der Waals surface area contributed by atoms with Gasteiger partial charge in [0.2, 0.25) is 10.0 Å². The Balaban J connectivity index is 2.01. The standard InChI is InChI=1S/C26H30N2O7S/c1-32-22-12-11-19(13-23(22)33-2)16-27-26(29)20-14-24(34-3)25(35-4)15-21(20)28(36(5,30)31)17-18-9-7-6-8-10-18/h6-15H,16-17H2,1-5H3,(H,27,29). The second-order valence-electron chi connectivity index (χ2n) is 7.85. The summed E-state index contributed by atoms with van der Waals surface area (Å²) in [6.07, 6.45) is 1.10. The predicted molar refractivity (Wildman–Crippen MR) is 138 cm³/mol. The molecule has 192 valence electrons. The fourth-order valence-electron chi connectivity index (χ4n) is 3.65. The van der Waals surface area contributed by atoms with E-state index in [4.69, 9.17) is 18.9 Å². The van der Waals surface area contributed by atoms with E-state index in [9.17, 15) is 13.2 Å². The Bertz CT molecular complexity index is 1310. The summed E-state index contributed by atoms with van der Waals surface area (Å²) in [6, 6.07) is 17.4. The van der Waals surface area contributed by atoms with Crippen molar-refractivity contribution in [2.45, 2.75) is 13.1 Å². The number of nitrogens with zero attached hydrogens (tertiary/aromatic N) is 1. The zero-order valence-electron chi connectivity index (χ0n) is 20.9. The van der Waals surface area contributed by atoms with Crippen LogP contribution in [0.4, 0.5) is 5.69 Å². The second kappa shape index (κ2) is 11.7. The molecule has 0 aliphatic carbocycles. The topological polar surface area (TPSA) is 103 Å². The monoisotopic (exact) mass is 514 g/mol. The molecule has 0 aliphatic rings. The highest BCUT2D eigenvalue weighted by molar-refractivity contribution is 7.92. The molecule has 3 aromatic carbocycles. The average molecular weight is 515 g/mol. The van der Waals surface area contributed by atoms with Crippen molar-refractivity contribution in [2.24, 2.45) is 0 Å². The van der Waals surface area contributed by atoms with E-state index in [2.05, 4.69) is 5.32 Å². The Labute approximate surface area is 211 Å². The number of amides is 1. The maximum atomic E-state index is 13.4. The number of hydrogen-bond acceptors (Lipinski definition) is 7. The lowest BCUT2D eigenvalue weighted by Gasteiger charge is -2.26. The zero-order valence-corrected chi connectivity index (χ0v) is 21.7. The third-order valence-electron chi connectivity index (χ3n) is 5.49. The number of rotatable bonds is 11. The van der Waals surface area contributed by atoms with Gasteiger partial charge >= 0.3 is 0 Å². The van der Waals surface area contributed by atoms with Crippen LogP contribution in [-0.2, 0) is 23.1 Å². The lowest BCUT2D eigenvalue weighted by Crippen LogP contribution is -2.32. The molecule has 36 heavy (non-hydrogen) atoms. The summed E-state index contributed by atoms with van der Waals surface area (Å²) in [4.78, 5) is 13.4. The summed E-state index contributed by atoms with van der Waals surface area (Å²) in [7, 11) is 2.19. The van der Waals surface area contributed by atoms with E-state index in [1.54, 1.807) is 25.3 Å². The van der Waals surface area contributed by atoms with Gasteiger partial charge in [0.05, 0.1) is 52.5 Å². The molecule has 1 N–H and O–H groups in total. The highest BCUT2D eigenvalue weighted by Gasteiger charge is 2.26.